The van der Waals surface area contributed by atoms with Crippen LogP contribution in [0.3, 0.4) is 0 Å². The van der Waals surface area contributed by atoms with E-state index in [-0.39, 0.29) is 5.91 Å². The van der Waals surface area contributed by atoms with Crippen molar-refractivity contribution in [2.75, 3.05) is 13.1 Å². The fraction of sp³-hybridized carbons (Fsp3) is 0.692. The van der Waals surface area contributed by atoms with Gasteiger partial charge in [0.2, 0.25) is 5.91 Å². The van der Waals surface area contributed by atoms with E-state index in [0.717, 1.165) is 37.6 Å². The summed E-state index contributed by atoms with van der Waals surface area (Å²) in [5, 5.41) is 6.25. The van der Waals surface area contributed by atoms with Crippen LogP contribution < -0.4 is 10.6 Å². The lowest BCUT2D eigenvalue weighted by atomic mass is 10.2. The second kappa shape index (κ2) is 5.52. The van der Waals surface area contributed by atoms with Crippen molar-refractivity contribution in [2.45, 2.75) is 40.3 Å². The van der Waals surface area contributed by atoms with Crippen LogP contribution in [0.5, 0.6) is 0 Å². The number of fused-ring (bicyclic) bond motifs is 1. The molecule has 0 fully saturated rings. The number of carbonyl (C=O) groups excluding carboxylic acids is 1. The van der Waals surface area contributed by atoms with E-state index in [1.807, 2.05) is 11.5 Å². The van der Waals surface area contributed by atoms with Gasteiger partial charge in [-0.1, -0.05) is 13.8 Å². The molecule has 2 N–H and O–H groups in total. The Morgan fingerprint density at radius 2 is 2.33 bits per heavy atom. The summed E-state index contributed by atoms with van der Waals surface area (Å²) >= 11 is 0. The number of carbonyl (C=O) groups is 1. The Kier molecular flexibility index (Phi) is 4.01. The number of aromatic nitrogens is 2. The summed E-state index contributed by atoms with van der Waals surface area (Å²) < 4.78 is 2.05. The molecule has 0 saturated carbocycles. The Labute approximate surface area is 108 Å². The van der Waals surface area contributed by atoms with Crippen LogP contribution in [0.4, 0.5) is 0 Å². The summed E-state index contributed by atoms with van der Waals surface area (Å²) in [6, 6.07) is 0. The molecule has 1 amide bonds. The van der Waals surface area contributed by atoms with Crippen molar-refractivity contribution in [2.24, 2.45) is 5.92 Å². The minimum absolute atomic E-state index is 0.0746. The molecule has 1 aliphatic heterocycles. The van der Waals surface area contributed by atoms with Crippen LogP contribution in [0.2, 0.25) is 0 Å². The first-order valence-corrected chi connectivity index (χ1v) is 6.60. The van der Waals surface area contributed by atoms with E-state index in [1.165, 1.54) is 5.69 Å². The minimum atomic E-state index is 0.0746. The van der Waals surface area contributed by atoms with E-state index in [4.69, 9.17) is 0 Å². The number of hydrogen-bond donors (Lipinski definition) is 2. The smallest absolute Gasteiger partial charge is 0.240 e. The number of nitrogens with zero attached hydrogens (tertiary/aromatic N) is 2. The summed E-state index contributed by atoms with van der Waals surface area (Å²) in [5.41, 5.74) is 2.31. The van der Waals surface area contributed by atoms with Gasteiger partial charge in [-0.2, -0.15) is 0 Å². The standard InChI is InChI=1S/C13H22N4O/c1-9(2)6-15-13(18)8-17-10(3)16-11-7-14-5-4-12(11)17/h9,14H,4-8H2,1-3H3,(H,15,18). The summed E-state index contributed by atoms with van der Waals surface area (Å²) in [6.45, 7) is 9.06. The normalized spacial score (nSPS) is 14.7. The Morgan fingerprint density at radius 1 is 1.56 bits per heavy atom. The van der Waals surface area contributed by atoms with Gasteiger partial charge in [0.15, 0.2) is 0 Å². The third kappa shape index (κ3) is 2.90. The maximum absolute atomic E-state index is 11.9. The van der Waals surface area contributed by atoms with Gasteiger partial charge in [0.25, 0.3) is 0 Å². The van der Waals surface area contributed by atoms with Crippen LogP contribution >= 0.6 is 0 Å². The Hall–Kier alpha value is -1.36. The van der Waals surface area contributed by atoms with Gasteiger partial charge in [0.05, 0.1) is 5.69 Å². The lowest BCUT2D eigenvalue weighted by Crippen LogP contribution is -2.32. The molecule has 18 heavy (non-hydrogen) atoms. The quantitative estimate of drug-likeness (QED) is 0.823. The number of hydrogen-bond acceptors (Lipinski definition) is 3. The fourth-order valence-corrected chi connectivity index (χ4v) is 2.23. The molecular formula is C13H22N4O. The summed E-state index contributed by atoms with van der Waals surface area (Å²) in [4.78, 5) is 16.4. The second-order valence-electron chi connectivity index (χ2n) is 5.26. The number of rotatable bonds is 4. The molecule has 0 aliphatic carbocycles. The molecular weight excluding hydrogens is 228 g/mol. The summed E-state index contributed by atoms with van der Waals surface area (Å²) in [7, 11) is 0. The topological polar surface area (TPSA) is 59.0 Å². The van der Waals surface area contributed by atoms with E-state index in [9.17, 15) is 4.79 Å². The molecule has 1 aromatic rings. The fourth-order valence-electron chi connectivity index (χ4n) is 2.23. The van der Waals surface area contributed by atoms with Crippen LogP contribution in [0.1, 0.15) is 31.1 Å². The van der Waals surface area contributed by atoms with Crippen LogP contribution in [-0.4, -0.2) is 28.5 Å². The maximum atomic E-state index is 11.9. The van der Waals surface area contributed by atoms with E-state index in [2.05, 4.69) is 29.5 Å². The van der Waals surface area contributed by atoms with Crippen LogP contribution in [0.25, 0.3) is 0 Å². The van der Waals surface area contributed by atoms with E-state index >= 15 is 0 Å². The van der Waals surface area contributed by atoms with Gasteiger partial charge in [0.1, 0.15) is 12.4 Å². The zero-order valence-electron chi connectivity index (χ0n) is 11.4. The predicted molar refractivity (Wildman–Crippen MR) is 70.2 cm³/mol. The highest BCUT2D eigenvalue weighted by molar-refractivity contribution is 5.75. The van der Waals surface area contributed by atoms with Gasteiger partial charge in [-0.15, -0.1) is 0 Å². The van der Waals surface area contributed by atoms with Crippen molar-refractivity contribution in [3.8, 4) is 0 Å². The molecule has 0 atom stereocenters. The van der Waals surface area contributed by atoms with Gasteiger partial charge >= 0.3 is 0 Å². The highest BCUT2D eigenvalue weighted by Gasteiger charge is 2.19. The number of nitrogens with one attached hydrogen (secondary N) is 2. The van der Waals surface area contributed by atoms with Crippen molar-refractivity contribution >= 4 is 5.91 Å². The average Bonchev–Trinajstić information content (AvgIpc) is 2.64. The van der Waals surface area contributed by atoms with Crippen molar-refractivity contribution < 1.29 is 4.79 Å². The van der Waals surface area contributed by atoms with Crippen LogP contribution in [-0.2, 0) is 24.3 Å². The van der Waals surface area contributed by atoms with E-state index in [1.54, 1.807) is 0 Å². The molecule has 5 nitrogen and oxygen atoms in total. The van der Waals surface area contributed by atoms with Crippen molar-refractivity contribution in [1.82, 2.24) is 20.2 Å². The highest BCUT2D eigenvalue weighted by Crippen LogP contribution is 2.15. The lowest BCUT2D eigenvalue weighted by molar-refractivity contribution is -0.121. The van der Waals surface area contributed by atoms with Gasteiger partial charge in [-0.05, 0) is 12.8 Å². The molecule has 0 saturated heterocycles. The molecule has 1 aromatic heterocycles. The average molecular weight is 250 g/mol. The molecule has 0 aromatic carbocycles. The largest absolute Gasteiger partial charge is 0.354 e. The molecule has 0 radical (unpaired) electrons. The Bertz CT molecular complexity index is 436. The number of imidazole rings is 1. The molecule has 1 aliphatic rings. The Balaban J connectivity index is 2.04. The maximum Gasteiger partial charge on any atom is 0.240 e. The van der Waals surface area contributed by atoms with Crippen molar-refractivity contribution in [1.29, 1.82) is 0 Å². The zero-order chi connectivity index (χ0) is 13.1. The summed E-state index contributed by atoms with van der Waals surface area (Å²) in [6.07, 6.45) is 0.952. The molecule has 2 rings (SSSR count). The van der Waals surface area contributed by atoms with Crippen LogP contribution in [0.15, 0.2) is 0 Å². The number of amides is 1. The Morgan fingerprint density at radius 3 is 3.06 bits per heavy atom. The van der Waals surface area contributed by atoms with Gasteiger partial charge in [0, 0.05) is 31.7 Å². The molecule has 0 unspecified atom stereocenters. The highest BCUT2D eigenvalue weighted by atomic mass is 16.1. The minimum Gasteiger partial charge on any atom is -0.354 e. The first-order valence-electron chi connectivity index (χ1n) is 6.60. The van der Waals surface area contributed by atoms with E-state index in [0.29, 0.717) is 12.5 Å². The molecule has 5 heteroatoms. The van der Waals surface area contributed by atoms with Crippen molar-refractivity contribution in [3.05, 3.63) is 17.2 Å². The lowest BCUT2D eigenvalue weighted by Gasteiger charge is -2.16. The first-order chi connectivity index (χ1) is 8.58. The second-order valence-corrected chi connectivity index (χ2v) is 5.26. The zero-order valence-corrected chi connectivity index (χ0v) is 11.4. The predicted octanol–water partition coefficient (Wildman–Crippen LogP) is 0.609. The third-order valence-corrected chi connectivity index (χ3v) is 3.19. The van der Waals surface area contributed by atoms with Gasteiger partial charge in [-0.3, -0.25) is 4.79 Å². The molecule has 0 bridgehead atoms. The first kappa shape index (κ1) is 13.1. The third-order valence-electron chi connectivity index (χ3n) is 3.19. The van der Waals surface area contributed by atoms with Crippen molar-refractivity contribution in [3.63, 3.8) is 0 Å². The van der Waals surface area contributed by atoms with Gasteiger partial charge in [-0.25, -0.2) is 4.98 Å². The van der Waals surface area contributed by atoms with Crippen LogP contribution in [0, 0.1) is 12.8 Å². The van der Waals surface area contributed by atoms with Gasteiger partial charge < -0.3 is 15.2 Å². The molecule has 2 heterocycles. The monoisotopic (exact) mass is 250 g/mol. The molecule has 0 spiro atoms. The van der Waals surface area contributed by atoms with E-state index < -0.39 is 0 Å². The molecule has 100 valence electrons. The summed E-state index contributed by atoms with van der Waals surface area (Å²) in [5.74, 6) is 1.49. The SMILES string of the molecule is Cc1nc2c(n1CC(=O)NCC(C)C)CCNC2. The number of aryl methyl sites for hydroxylation is 1.